The van der Waals surface area contributed by atoms with Crippen molar-refractivity contribution in [1.29, 1.82) is 0 Å². The van der Waals surface area contributed by atoms with Crippen LogP contribution in [0, 0.1) is 5.82 Å². The number of benzene rings is 2. The number of esters is 1. The summed E-state index contributed by atoms with van der Waals surface area (Å²) in [6, 6.07) is 14.0. The van der Waals surface area contributed by atoms with Gasteiger partial charge in [-0.3, -0.25) is 9.59 Å². The molecule has 0 fully saturated rings. The minimum absolute atomic E-state index is 0.236. The van der Waals surface area contributed by atoms with Crippen molar-refractivity contribution < 1.29 is 18.7 Å². The van der Waals surface area contributed by atoms with Crippen LogP contribution in [0.2, 0.25) is 0 Å². The quantitative estimate of drug-likeness (QED) is 0.596. The third-order valence-corrected chi connectivity index (χ3v) is 3.17. The highest BCUT2D eigenvalue weighted by Gasteiger charge is 2.25. The van der Waals surface area contributed by atoms with Gasteiger partial charge in [0.1, 0.15) is 5.82 Å². The van der Waals surface area contributed by atoms with E-state index in [1.807, 2.05) is 6.92 Å². The maximum atomic E-state index is 13.1. The first-order valence-electron chi connectivity index (χ1n) is 7.16. The van der Waals surface area contributed by atoms with Crippen molar-refractivity contribution in [2.75, 3.05) is 0 Å². The van der Waals surface area contributed by atoms with E-state index >= 15 is 0 Å². The van der Waals surface area contributed by atoms with Gasteiger partial charge in [0.15, 0.2) is 6.10 Å². The predicted molar refractivity (Wildman–Crippen MR) is 80.9 cm³/mol. The summed E-state index contributed by atoms with van der Waals surface area (Å²) in [6.45, 7) is 1.85. The molecule has 0 aliphatic heterocycles. The van der Waals surface area contributed by atoms with Gasteiger partial charge in [0.05, 0.1) is 0 Å². The van der Waals surface area contributed by atoms with Crippen molar-refractivity contribution in [3.05, 3.63) is 71.5 Å². The Hall–Kier alpha value is -2.49. The fraction of sp³-hybridized carbons (Fsp3) is 0.222. The predicted octanol–water partition coefficient (Wildman–Crippen LogP) is 4.09. The first-order valence-corrected chi connectivity index (χ1v) is 7.16. The number of hydrogen-bond acceptors (Lipinski definition) is 3. The summed E-state index contributed by atoms with van der Waals surface area (Å²) in [6.07, 6.45) is -0.184. The number of halogens is 1. The van der Waals surface area contributed by atoms with Gasteiger partial charge in [-0.2, -0.15) is 0 Å². The van der Waals surface area contributed by atoms with Crippen LogP contribution in [0.5, 0.6) is 0 Å². The van der Waals surface area contributed by atoms with Gasteiger partial charge in [-0.1, -0.05) is 49.4 Å². The van der Waals surface area contributed by atoms with Crippen LogP contribution >= 0.6 is 0 Å². The Morgan fingerprint density at radius 1 is 1.05 bits per heavy atom. The summed E-state index contributed by atoms with van der Waals surface area (Å²) < 4.78 is 18.4. The summed E-state index contributed by atoms with van der Waals surface area (Å²) in [4.78, 5) is 24.4. The Morgan fingerprint density at radius 2 is 1.68 bits per heavy atom. The van der Waals surface area contributed by atoms with E-state index in [-0.39, 0.29) is 12.2 Å². The molecule has 0 heterocycles. The van der Waals surface area contributed by atoms with Gasteiger partial charge < -0.3 is 4.74 Å². The number of Topliss-reactive ketones (excluding diaryl/α,β-unsaturated/α-hetero) is 1. The summed E-state index contributed by atoms with van der Waals surface area (Å²) >= 11 is 0. The van der Waals surface area contributed by atoms with E-state index in [4.69, 9.17) is 4.74 Å². The highest BCUT2D eigenvalue weighted by atomic mass is 19.1. The van der Waals surface area contributed by atoms with E-state index in [0.717, 1.165) is 0 Å². The van der Waals surface area contributed by atoms with Crippen molar-refractivity contribution in [2.24, 2.45) is 0 Å². The third-order valence-electron chi connectivity index (χ3n) is 3.17. The first kappa shape index (κ1) is 15.9. The van der Waals surface area contributed by atoms with E-state index in [0.29, 0.717) is 17.5 Å². The van der Waals surface area contributed by atoms with Crippen LogP contribution in [-0.4, -0.2) is 11.8 Å². The van der Waals surface area contributed by atoms with Crippen molar-refractivity contribution in [1.82, 2.24) is 0 Å². The molecule has 0 aromatic heterocycles. The second-order valence-electron chi connectivity index (χ2n) is 4.90. The van der Waals surface area contributed by atoms with Crippen LogP contribution in [0.25, 0.3) is 0 Å². The minimum Gasteiger partial charge on any atom is -0.449 e. The fourth-order valence-electron chi connectivity index (χ4n) is 2.06. The van der Waals surface area contributed by atoms with Gasteiger partial charge >= 0.3 is 5.97 Å². The Balaban J connectivity index is 2.30. The lowest BCUT2D eigenvalue weighted by Crippen LogP contribution is -2.20. The molecule has 0 unspecified atom stereocenters. The van der Waals surface area contributed by atoms with Crippen molar-refractivity contribution in [3.63, 3.8) is 0 Å². The standard InChI is InChI=1S/C18H17FO3/c1-2-6-16(20)22-18(14-9-11-15(19)12-10-14)17(21)13-7-4-3-5-8-13/h3-5,7-12,18H,2,6H2,1H3/t18-/m0/s1. The largest absolute Gasteiger partial charge is 0.449 e. The van der Waals surface area contributed by atoms with Crippen molar-refractivity contribution in [2.45, 2.75) is 25.9 Å². The molecule has 1 atom stereocenters. The summed E-state index contributed by atoms with van der Waals surface area (Å²) in [5.41, 5.74) is 0.904. The van der Waals surface area contributed by atoms with Gasteiger partial charge in [0.2, 0.25) is 5.78 Å². The molecular formula is C18H17FO3. The molecule has 0 bridgehead atoms. The molecule has 114 valence electrons. The average molecular weight is 300 g/mol. The molecule has 3 nitrogen and oxygen atoms in total. The Morgan fingerprint density at radius 3 is 2.27 bits per heavy atom. The van der Waals surface area contributed by atoms with E-state index < -0.39 is 17.9 Å². The molecular weight excluding hydrogens is 283 g/mol. The monoisotopic (exact) mass is 300 g/mol. The number of ketones is 1. The Kier molecular flexibility index (Phi) is 5.42. The summed E-state index contributed by atoms with van der Waals surface area (Å²) in [5, 5.41) is 0. The van der Waals surface area contributed by atoms with Crippen LogP contribution in [0.1, 0.15) is 41.8 Å². The number of ether oxygens (including phenoxy) is 1. The minimum atomic E-state index is -1.05. The molecule has 0 aliphatic rings. The molecule has 0 aliphatic carbocycles. The smallest absolute Gasteiger partial charge is 0.306 e. The maximum absolute atomic E-state index is 13.1. The maximum Gasteiger partial charge on any atom is 0.306 e. The molecule has 2 aromatic carbocycles. The van der Waals surface area contributed by atoms with E-state index in [1.54, 1.807) is 30.3 Å². The normalized spacial score (nSPS) is 11.7. The van der Waals surface area contributed by atoms with Gasteiger partial charge in [0.25, 0.3) is 0 Å². The topological polar surface area (TPSA) is 43.4 Å². The highest BCUT2D eigenvalue weighted by molar-refractivity contribution is 6.00. The zero-order valence-electron chi connectivity index (χ0n) is 12.3. The van der Waals surface area contributed by atoms with Gasteiger partial charge in [-0.05, 0) is 18.6 Å². The second-order valence-corrected chi connectivity index (χ2v) is 4.90. The van der Waals surface area contributed by atoms with Crippen LogP contribution in [-0.2, 0) is 9.53 Å². The summed E-state index contributed by atoms with van der Waals surface area (Å²) in [7, 11) is 0. The molecule has 0 saturated heterocycles. The number of carbonyl (C=O) groups is 2. The molecule has 0 saturated carbocycles. The first-order chi connectivity index (χ1) is 10.6. The third kappa shape index (κ3) is 4.01. The molecule has 0 radical (unpaired) electrons. The van der Waals surface area contributed by atoms with Crippen LogP contribution < -0.4 is 0 Å². The van der Waals surface area contributed by atoms with E-state index in [9.17, 15) is 14.0 Å². The van der Waals surface area contributed by atoms with Gasteiger partial charge in [-0.25, -0.2) is 4.39 Å². The summed E-state index contributed by atoms with van der Waals surface area (Å²) in [5.74, 6) is -1.17. The van der Waals surface area contributed by atoms with Gasteiger partial charge in [0, 0.05) is 17.5 Å². The lowest BCUT2D eigenvalue weighted by molar-refractivity contribution is -0.147. The average Bonchev–Trinajstić information content (AvgIpc) is 2.54. The molecule has 0 N–H and O–H groups in total. The van der Waals surface area contributed by atoms with Crippen LogP contribution in [0.15, 0.2) is 54.6 Å². The molecule has 4 heteroatoms. The van der Waals surface area contributed by atoms with E-state index in [1.165, 1.54) is 24.3 Å². The lowest BCUT2D eigenvalue weighted by atomic mass is 9.99. The van der Waals surface area contributed by atoms with Crippen LogP contribution in [0.3, 0.4) is 0 Å². The zero-order chi connectivity index (χ0) is 15.9. The molecule has 2 aromatic rings. The molecule has 0 amide bonds. The van der Waals surface area contributed by atoms with Crippen molar-refractivity contribution in [3.8, 4) is 0 Å². The van der Waals surface area contributed by atoms with Gasteiger partial charge in [-0.15, -0.1) is 0 Å². The highest BCUT2D eigenvalue weighted by Crippen LogP contribution is 2.23. The number of rotatable bonds is 6. The fourth-order valence-corrected chi connectivity index (χ4v) is 2.06. The Bertz CT molecular complexity index is 635. The lowest BCUT2D eigenvalue weighted by Gasteiger charge is -2.17. The molecule has 2 rings (SSSR count). The zero-order valence-corrected chi connectivity index (χ0v) is 12.3. The Labute approximate surface area is 128 Å². The second kappa shape index (κ2) is 7.50. The number of hydrogen-bond donors (Lipinski definition) is 0. The van der Waals surface area contributed by atoms with E-state index in [2.05, 4.69) is 0 Å². The molecule has 0 spiro atoms. The number of carbonyl (C=O) groups excluding carboxylic acids is 2. The van der Waals surface area contributed by atoms with Crippen LogP contribution in [0.4, 0.5) is 4.39 Å². The van der Waals surface area contributed by atoms with Crippen molar-refractivity contribution >= 4 is 11.8 Å². The molecule has 22 heavy (non-hydrogen) atoms. The SMILES string of the molecule is CCCC(=O)O[C@H](C(=O)c1ccccc1)c1ccc(F)cc1.